The number of halogens is 1. The molecule has 118 valence electrons. The van der Waals surface area contributed by atoms with Crippen LogP contribution in [0.15, 0.2) is 18.2 Å². The van der Waals surface area contributed by atoms with Crippen LogP contribution in [0.5, 0.6) is 5.75 Å². The van der Waals surface area contributed by atoms with Gasteiger partial charge in [0.25, 0.3) is 0 Å². The van der Waals surface area contributed by atoms with Gasteiger partial charge in [-0.25, -0.2) is 4.39 Å². The summed E-state index contributed by atoms with van der Waals surface area (Å²) in [4.78, 5) is 2.35. The van der Waals surface area contributed by atoms with Crippen molar-refractivity contribution in [3.63, 3.8) is 0 Å². The third-order valence-electron chi connectivity index (χ3n) is 3.80. The fourth-order valence-electron chi connectivity index (χ4n) is 2.75. The highest BCUT2D eigenvalue weighted by Gasteiger charge is 2.28. The van der Waals surface area contributed by atoms with Crippen LogP contribution in [0.25, 0.3) is 0 Å². The van der Waals surface area contributed by atoms with Gasteiger partial charge in [0.05, 0.1) is 25.9 Å². The van der Waals surface area contributed by atoms with Crippen LogP contribution in [0.4, 0.5) is 4.39 Å². The van der Waals surface area contributed by atoms with Crippen molar-refractivity contribution in [2.75, 3.05) is 33.4 Å². The van der Waals surface area contributed by atoms with Crippen molar-refractivity contribution in [1.29, 1.82) is 0 Å². The third-order valence-corrected chi connectivity index (χ3v) is 3.80. The van der Waals surface area contributed by atoms with Crippen LogP contribution in [0.2, 0.25) is 0 Å². The van der Waals surface area contributed by atoms with E-state index < -0.39 is 5.82 Å². The number of hydrogen-bond acceptors (Lipinski definition) is 5. The second-order valence-electron chi connectivity index (χ2n) is 5.25. The molecule has 1 aromatic rings. The zero-order chi connectivity index (χ0) is 15.2. The SMILES string of the molecule is CCCN1CCOC(C(NN)c2ccc(OC)c(F)c2)C1. The lowest BCUT2D eigenvalue weighted by molar-refractivity contribution is -0.0471. The Morgan fingerprint density at radius 3 is 3.00 bits per heavy atom. The van der Waals surface area contributed by atoms with E-state index in [9.17, 15) is 4.39 Å². The van der Waals surface area contributed by atoms with Gasteiger partial charge in [-0.2, -0.15) is 0 Å². The normalized spacial score (nSPS) is 21.2. The topological polar surface area (TPSA) is 59.8 Å². The first kappa shape index (κ1) is 16.2. The number of hydrazine groups is 1. The molecule has 1 fully saturated rings. The van der Waals surface area contributed by atoms with Crippen molar-refractivity contribution < 1.29 is 13.9 Å². The number of ether oxygens (including phenoxy) is 2. The predicted octanol–water partition coefficient (Wildman–Crippen LogP) is 1.45. The molecule has 21 heavy (non-hydrogen) atoms. The van der Waals surface area contributed by atoms with E-state index in [4.69, 9.17) is 15.3 Å². The molecule has 0 bridgehead atoms. The van der Waals surface area contributed by atoms with Gasteiger partial charge in [0.2, 0.25) is 0 Å². The number of hydrogen-bond donors (Lipinski definition) is 2. The standard InChI is InChI=1S/C15H24FN3O2/c1-3-6-19-7-8-21-14(10-19)15(18-17)11-4-5-13(20-2)12(16)9-11/h4-5,9,14-15,18H,3,6-8,10,17H2,1-2H3. The molecule has 1 heterocycles. The Kier molecular flexibility index (Phi) is 5.93. The van der Waals surface area contributed by atoms with Gasteiger partial charge in [-0.3, -0.25) is 16.2 Å². The van der Waals surface area contributed by atoms with Crippen molar-refractivity contribution in [1.82, 2.24) is 10.3 Å². The smallest absolute Gasteiger partial charge is 0.165 e. The molecule has 2 atom stereocenters. The minimum absolute atomic E-state index is 0.0944. The lowest BCUT2D eigenvalue weighted by atomic mass is 10.00. The van der Waals surface area contributed by atoms with Crippen molar-refractivity contribution >= 4 is 0 Å². The van der Waals surface area contributed by atoms with Crippen LogP contribution in [-0.4, -0.2) is 44.4 Å². The molecular formula is C15H24FN3O2. The Morgan fingerprint density at radius 1 is 1.57 bits per heavy atom. The summed E-state index contributed by atoms with van der Waals surface area (Å²) in [7, 11) is 1.45. The maximum atomic E-state index is 13.9. The Balaban J connectivity index is 2.13. The number of nitrogens with two attached hydrogens (primary N) is 1. The molecule has 0 amide bonds. The fourth-order valence-corrected chi connectivity index (χ4v) is 2.75. The summed E-state index contributed by atoms with van der Waals surface area (Å²) in [6, 6.07) is 4.63. The van der Waals surface area contributed by atoms with Gasteiger partial charge < -0.3 is 9.47 Å². The summed E-state index contributed by atoms with van der Waals surface area (Å²) in [5.41, 5.74) is 3.52. The highest BCUT2D eigenvalue weighted by Crippen LogP contribution is 2.26. The zero-order valence-corrected chi connectivity index (χ0v) is 12.6. The molecule has 0 aromatic heterocycles. The summed E-state index contributed by atoms with van der Waals surface area (Å²) >= 11 is 0. The second kappa shape index (κ2) is 7.70. The number of nitrogens with one attached hydrogen (secondary N) is 1. The van der Waals surface area contributed by atoms with Gasteiger partial charge in [-0.15, -0.1) is 0 Å². The van der Waals surface area contributed by atoms with E-state index in [1.54, 1.807) is 6.07 Å². The second-order valence-corrected chi connectivity index (χ2v) is 5.25. The molecule has 2 rings (SSSR count). The van der Waals surface area contributed by atoms with Gasteiger partial charge in [0, 0.05) is 13.1 Å². The van der Waals surface area contributed by atoms with E-state index in [1.165, 1.54) is 13.2 Å². The number of nitrogens with zero attached hydrogens (tertiary/aromatic N) is 1. The third kappa shape index (κ3) is 3.91. The van der Waals surface area contributed by atoms with Gasteiger partial charge in [-0.1, -0.05) is 13.0 Å². The molecule has 0 saturated carbocycles. The summed E-state index contributed by atoms with van der Waals surface area (Å²) in [6.45, 7) is 5.58. The largest absolute Gasteiger partial charge is 0.494 e. The molecule has 0 aliphatic carbocycles. The molecule has 2 unspecified atom stereocenters. The molecule has 6 heteroatoms. The predicted molar refractivity (Wildman–Crippen MR) is 79.5 cm³/mol. The molecule has 1 aromatic carbocycles. The lowest BCUT2D eigenvalue weighted by Crippen LogP contribution is -2.49. The average Bonchev–Trinajstić information content (AvgIpc) is 2.49. The van der Waals surface area contributed by atoms with Gasteiger partial charge in [0.15, 0.2) is 11.6 Å². The Hall–Kier alpha value is -1.21. The summed E-state index contributed by atoms with van der Waals surface area (Å²) in [5, 5.41) is 0. The maximum Gasteiger partial charge on any atom is 0.165 e. The van der Waals surface area contributed by atoms with Crippen LogP contribution in [-0.2, 0) is 4.74 Å². The average molecular weight is 297 g/mol. The fraction of sp³-hybridized carbons (Fsp3) is 0.600. The van der Waals surface area contributed by atoms with Crippen LogP contribution in [0.1, 0.15) is 24.9 Å². The van der Waals surface area contributed by atoms with E-state index in [1.807, 2.05) is 6.07 Å². The summed E-state index contributed by atoms with van der Waals surface area (Å²) in [5.74, 6) is 5.51. The number of morpholine rings is 1. The van der Waals surface area contributed by atoms with Crippen LogP contribution in [0, 0.1) is 5.82 Å². The Morgan fingerprint density at radius 2 is 2.38 bits per heavy atom. The van der Waals surface area contributed by atoms with Crippen molar-refractivity contribution in [2.24, 2.45) is 5.84 Å². The molecule has 1 aliphatic rings. The minimum atomic E-state index is -0.392. The van der Waals surface area contributed by atoms with Crippen molar-refractivity contribution in [3.05, 3.63) is 29.6 Å². The molecular weight excluding hydrogens is 273 g/mol. The first-order valence-corrected chi connectivity index (χ1v) is 7.33. The summed E-state index contributed by atoms with van der Waals surface area (Å²) in [6.07, 6.45) is 1.01. The quantitative estimate of drug-likeness (QED) is 0.615. The maximum absolute atomic E-state index is 13.9. The number of methoxy groups -OCH3 is 1. The van der Waals surface area contributed by atoms with Crippen molar-refractivity contribution in [2.45, 2.75) is 25.5 Å². The minimum Gasteiger partial charge on any atom is -0.494 e. The van der Waals surface area contributed by atoms with E-state index >= 15 is 0 Å². The number of benzene rings is 1. The monoisotopic (exact) mass is 297 g/mol. The first-order valence-electron chi connectivity index (χ1n) is 7.33. The first-order chi connectivity index (χ1) is 10.2. The van der Waals surface area contributed by atoms with Crippen LogP contribution >= 0.6 is 0 Å². The number of rotatable bonds is 6. The van der Waals surface area contributed by atoms with Crippen LogP contribution < -0.4 is 16.0 Å². The van der Waals surface area contributed by atoms with Gasteiger partial charge in [0.1, 0.15) is 0 Å². The highest BCUT2D eigenvalue weighted by molar-refractivity contribution is 5.31. The van der Waals surface area contributed by atoms with Crippen molar-refractivity contribution in [3.8, 4) is 5.75 Å². The van der Waals surface area contributed by atoms with Crippen LogP contribution in [0.3, 0.4) is 0 Å². The van der Waals surface area contributed by atoms with E-state index in [0.717, 1.165) is 31.6 Å². The van der Waals surface area contributed by atoms with Gasteiger partial charge in [-0.05, 0) is 30.7 Å². The lowest BCUT2D eigenvalue weighted by Gasteiger charge is -2.36. The zero-order valence-electron chi connectivity index (χ0n) is 12.6. The molecule has 3 N–H and O–H groups in total. The van der Waals surface area contributed by atoms with E-state index in [-0.39, 0.29) is 17.9 Å². The summed E-state index contributed by atoms with van der Waals surface area (Å²) < 4.78 is 24.6. The van der Waals surface area contributed by atoms with Gasteiger partial charge >= 0.3 is 0 Å². The molecule has 0 spiro atoms. The molecule has 1 aliphatic heterocycles. The highest BCUT2D eigenvalue weighted by atomic mass is 19.1. The Labute approximate surface area is 125 Å². The Bertz CT molecular complexity index is 457. The molecule has 5 nitrogen and oxygen atoms in total. The van der Waals surface area contributed by atoms with E-state index in [2.05, 4.69) is 17.2 Å². The molecule has 1 saturated heterocycles. The van der Waals surface area contributed by atoms with E-state index in [0.29, 0.717) is 6.61 Å². The molecule has 0 radical (unpaired) electrons.